The first-order valence-corrected chi connectivity index (χ1v) is 12.8. The van der Waals surface area contributed by atoms with Gasteiger partial charge in [-0.15, -0.1) is 11.3 Å². The summed E-state index contributed by atoms with van der Waals surface area (Å²) in [4.78, 5) is 6.48. The number of nitrogens with zero attached hydrogens (tertiary/aromatic N) is 3. The highest BCUT2D eigenvalue weighted by molar-refractivity contribution is 7.91. The Bertz CT molecular complexity index is 1320. The second-order valence-electron chi connectivity index (χ2n) is 8.04. The summed E-state index contributed by atoms with van der Waals surface area (Å²) in [6.45, 7) is 1.25. The Morgan fingerprint density at radius 2 is 1.94 bits per heavy atom. The number of aromatic nitrogens is 2. The van der Waals surface area contributed by atoms with E-state index in [2.05, 4.69) is 44.9 Å². The van der Waals surface area contributed by atoms with Crippen molar-refractivity contribution in [2.24, 2.45) is 7.05 Å². The molecule has 0 saturated carbocycles. The molecular formula is C24H24N4O2S2. The molecule has 32 heavy (non-hydrogen) atoms. The van der Waals surface area contributed by atoms with Crippen LogP contribution in [0.25, 0.3) is 11.1 Å². The molecule has 0 fully saturated rings. The SMILES string of the molecule is Cn1cncc1CN1CC(NS(=O)(=O)c2cccs2)Cc2cc(-c3ccccc3)ccc21. The third-order valence-electron chi connectivity index (χ3n) is 5.79. The van der Waals surface area contributed by atoms with E-state index in [4.69, 9.17) is 0 Å². The Kier molecular flexibility index (Phi) is 5.58. The lowest BCUT2D eigenvalue weighted by molar-refractivity contribution is 0.523. The largest absolute Gasteiger partial charge is 0.364 e. The number of hydrogen-bond donors (Lipinski definition) is 1. The summed E-state index contributed by atoms with van der Waals surface area (Å²) in [6.07, 6.45) is 4.29. The average Bonchev–Trinajstić information content (AvgIpc) is 3.47. The van der Waals surface area contributed by atoms with E-state index in [1.54, 1.807) is 23.8 Å². The van der Waals surface area contributed by atoms with E-state index in [-0.39, 0.29) is 6.04 Å². The van der Waals surface area contributed by atoms with E-state index < -0.39 is 10.0 Å². The highest BCUT2D eigenvalue weighted by atomic mass is 32.2. The number of nitrogens with one attached hydrogen (secondary N) is 1. The summed E-state index contributed by atoms with van der Waals surface area (Å²) < 4.78 is 31.1. The summed E-state index contributed by atoms with van der Waals surface area (Å²) in [5, 5.41) is 1.78. The maximum Gasteiger partial charge on any atom is 0.250 e. The van der Waals surface area contributed by atoms with Crippen molar-refractivity contribution in [3.05, 3.63) is 89.8 Å². The highest BCUT2D eigenvalue weighted by Gasteiger charge is 2.29. The van der Waals surface area contributed by atoms with Crippen molar-refractivity contribution in [3.8, 4) is 11.1 Å². The van der Waals surface area contributed by atoms with Crippen LogP contribution in [0.2, 0.25) is 0 Å². The molecule has 1 aliphatic rings. The van der Waals surface area contributed by atoms with Crippen LogP contribution in [-0.4, -0.2) is 30.6 Å². The van der Waals surface area contributed by atoms with E-state index in [1.807, 2.05) is 36.0 Å². The standard InChI is InChI=1S/C24H24N4O2S2/c1-27-17-25-14-22(27)16-28-15-21(26-32(29,30)24-8-5-11-31-24)13-20-12-19(9-10-23(20)28)18-6-3-2-4-7-18/h2-12,14,17,21,26H,13,15-16H2,1H3. The predicted octanol–water partition coefficient (Wildman–Crippen LogP) is 4.06. The van der Waals surface area contributed by atoms with Gasteiger partial charge in [-0.25, -0.2) is 18.1 Å². The molecule has 6 nitrogen and oxygen atoms in total. The lowest BCUT2D eigenvalue weighted by atomic mass is 9.94. The molecule has 0 aliphatic carbocycles. The molecule has 1 N–H and O–H groups in total. The van der Waals surface area contributed by atoms with Gasteiger partial charge < -0.3 is 9.47 Å². The van der Waals surface area contributed by atoms with Crippen LogP contribution in [0, 0.1) is 0 Å². The van der Waals surface area contributed by atoms with Gasteiger partial charge in [0.05, 0.1) is 18.6 Å². The highest BCUT2D eigenvalue weighted by Crippen LogP contribution is 2.33. The van der Waals surface area contributed by atoms with Crippen molar-refractivity contribution in [1.82, 2.24) is 14.3 Å². The van der Waals surface area contributed by atoms with Gasteiger partial charge in [0.1, 0.15) is 4.21 Å². The van der Waals surface area contributed by atoms with Crippen LogP contribution in [0.4, 0.5) is 5.69 Å². The Labute approximate surface area is 192 Å². The first-order chi connectivity index (χ1) is 15.5. The van der Waals surface area contributed by atoms with Crippen molar-refractivity contribution in [2.45, 2.75) is 23.2 Å². The maximum absolute atomic E-state index is 12.9. The molecule has 164 valence electrons. The summed E-state index contributed by atoms with van der Waals surface area (Å²) in [5.74, 6) is 0. The molecule has 0 saturated heterocycles. The minimum atomic E-state index is -3.55. The number of anilines is 1. The average molecular weight is 465 g/mol. The van der Waals surface area contributed by atoms with Gasteiger partial charge in [-0.1, -0.05) is 42.5 Å². The topological polar surface area (TPSA) is 67.2 Å². The second kappa shape index (κ2) is 8.54. The number of fused-ring (bicyclic) bond motifs is 1. The second-order valence-corrected chi connectivity index (χ2v) is 10.9. The number of thiophene rings is 1. The number of sulfonamides is 1. The number of aryl methyl sites for hydroxylation is 1. The van der Waals surface area contributed by atoms with Gasteiger partial charge in [0.15, 0.2) is 0 Å². The number of rotatable bonds is 6. The fourth-order valence-electron chi connectivity index (χ4n) is 4.22. The van der Waals surface area contributed by atoms with E-state index in [9.17, 15) is 8.42 Å². The third kappa shape index (κ3) is 4.21. The monoisotopic (exact) mass is 464 g/mol. The van der Waals surface area contributed by atoms with Gasteiger partial charge in [-0.05, 0) is 46.7 Å². The fraction of sp³-hybridized carbons (Fsp3) is 0.208. The molecule has 1 unspecified atom stereocenters. The minimum Gasteiger partial charge on any atom is -0.364 e. The molecular weight excluding hydrogens is 440 g/mol. The summed E-state index contributed by atoms with van der Waals surface area (Å²) in [7, 11) is -1.58. The Hall–Kier alpha value is -2.94. The van der Waals surface area contributed by atoms with Crippen LogP contribution >= 0.6 is 11.3 Å². The predicted molar refractivity (Wildman–Crippen MR) is 128 cm³/mol. The van der Waals surface area contributed by atoms with Crippen molar-refractivity contribution < 1.29 is 8.42 Å². The first-order valence-electron chi connectivity index (χ1n) is 10.4. The molecule has 0 bridgehead atoms. The van der Waals surface area contributed by atoms with E-state index >= 15 is 0 Å². The van der Waals surface area contributed by atoms with Crippen LogP contribution in [0.1, 0.15) is 11.3 Å². The van der Waals surface area contributed by atoms with E-state index in [1.165, 1.54) is 11.3 Å². The van der Waals surface area contributed by atoms with Crippen molar-refractivity contribution in [2.75, 3.05) is 11.4 Å². The molecule has 5 rings (SSSR count). The van der Waals surface area contributed by atoms with E-state index in [0.29, 0.717) is 23.7 Å². The summed E-state index contributed by atoms with van der Waals surface area (Å²) in [6, 6.07) is 19.9. The zero-order valence-corrected chi connectivity index (χ0v) is 19.3. The van der Waals surface area contributed by atoms with Crippen LogP contribution in [0.15, 0.2) is 82.8 Å². The quantitative estimate of drug-likeness (QED) is 0.467. The van der Waals surface area contributed by atoms with Crippen LogP contribution in [0.5, 0.6) is 0 Å². The number of benzene rings is 2. The normalized spacial score (nSPS) is 16.2. The molecule has 0 radical (unpaired) electrons. The van der Waals surface area contributed by atoms with Gasteiger partial charge >= 0.3 is 0 Å². The van der Waals surface area contributed by atoms with Crippen molar-refractivity contribution in [3.63, 3.8) is 0 Å². The van der Waals surface area contributed by atoms with Crippen molar-refractivity contribution >= 4 is 27.0 Å². The van der Waals surface area contributed by atoms with Gasteiger partial charge in [-0.3, -0.25) is 0 Å². The molecule has 0 spiro atoms. The zero-order chi connectivity index (χ0) is 22.1. The number of hydrogen-bond acceptors (Lipinski definition) is 5. The molecule has 1 aliphatic heterocycles. The zero-order valence-electron chi connectivity index (χ0n) is 17.7. The molecule has 4 aromatic rings. The molecule has 8 heteroatoms. The molecule has 3 heterocycles. The summed E-state index contributed by atoms with van der Waals surface area (Å²) >= 11 is 1.23. The lowest BCUT2D eigenvalue weighted by Gasteiger charge is -2.36. The minimum absolute atomic E-state index is 0.228. The van der Waals surface area contributed by atoms with Crippen molar-refractivity contribution in [1.29, 1.82) is 0 Å². The Balaban J connectivity index is 1.49. The van der Waals surface area contributed by atoms with Gasteiger partial charge in [0.25, 0.3) is 0 Å². The van der Waals surface area contributed by atoms with Gasteiger partial charge in [0, 0.05) is 31.5 Å². The Morgan fingerprint density at radius 3 is 2.66 bits per heavy atom. The lowest BCUT2D eigenvalue weighted by Crippen LogP contribution is -2.48. The first kappa shape index (κ1) is 20.9. The molecule has 2 aromatic carbocycles. The van der Waals surface area contributed by atoms with Gasteiger partial charge in [-0.2, -0.15) is 0 Å². The smallest absolute Gasteiger partial charge is 0.250 e. The van der Waals surface area contributed by atoms with E-state index in [0.717, 1.165) is 28.1 Å². The molecule has 2 aromatic heterocycles. The van der Waals surface area contributed by atoms with Crippen LogP contribution < -0.4 is 9.62 Å². The maximum atomic E-state index is 12.9. The molecule has 1 atom stereocenters. The van der Waals surface area contributed by atoms with Crippen LogP contribution in [0.3, 0.4) is 0 Å². The number of imidazole rings is 1. The third-order valence-corrected chi connectivity index (χ3v) is 8.70. The molecule has 0 amide bonds. The van der Waals surface area contributed by atoms with Gasteiger partial charge in [0.2, 0.25) is 10.0 Å². The summed E-state index contributed by atoms with van der Waals surface area (Å²) in [5.41, 5.74) is 5.63. The fourth-order valence-corrected chi connectivity index (χ4v) is 6.45. The van der Waals surface area contributed by atoms with Crippen LogP contribution in [-0.2, 0) is 30.0 Å². The Morgan fingerprint density at radius 1 is 1.09 bits per heavy atom.